The van der Waals surface area contributed by atoms with Crippen LogP contribution in [0.15, 0.2) is 64.6 Å². The summed E-state index contributed by atoms with van der Waals surface area (Å²) in [6.07, 6.45) is -1.50. The molecular weight excluding hydrogens is 435 g/mol. The Kier molecular flexibility index (Phi) is 7.11. The maximum absolute atomic E-state index is 13.8. The molecule has 162 valence electrons. The fourth-order valence-corrected chi connectivity index (χ4v) is 3.42. The number of imidazole rings is 1. The summed E-state index contributed by atoms with van der Waals surface area (Å²) < 4.78 is 64.4. The first-order valence-electron chi connectivity index (χ1n) is 8.96. The lowest BCUT2D eigenvalue weighted by Gasteiger charge is -2.07. The fraction of sp³-hybridized carbons (Fsp3) is 0.143. The van der Waals surface area contributed by atoms with Gasteiger partial charge >= 0.3 is 6.18 Å². The molecule has 3 aromatic rings. The molecule has 0 atom stereocenters. The molecule has 0 saturated carbocycles. The molecule has 2 N–H and O–H groups in total. The molecule has 10 heteroatoms. The predicted molar refractivity (Wildman–Crippen MR) is 114 cm³/mol. The Labute approximate surface area is 179 Å². The number of aliphatic imine (C=N–C) groups is 1. The summed E-state index contributed by atoms with van der Waals surface area (Å²) in [6, 6.07) is 8.35. The molecule has 0 saturated heterocycles. The Morgan fingerprint density at radius 1 is 1.19 bits per heavy atom. The van der Waals surface area contributed by atoms with E-state index in [1.54, 1.807) is 18.2 Å². The molecule has 0 amide bonds. The van der Waals surface area contributed by atoms with Crippen molar-refractivity contribution >= 4 is 40.9 Å². The number of H-pyrrole nitrogens is 1. The molecule has 3 rings (SSSR count). The zero-order valence-corrected chi connectivity index (χ0v) is 16.8. The van der Waals surface area contributed by atoms with Crippen LogP contribution in [0.3, 0.4) is 0 Å². The number of aromatic amines is 1. The van der Waals surface area contributed by atoms with E-state index in [0.29, 0.717) is 33.2 Å². The average molecular weight is 452 g/mol. The number of allylic oxidation sites excluding steroid dienone is 2. The van der Waals surface area contributed by atoms with Crippen LogP contribution in [0.2, 0.25) is 0 Å². The average Bonchev–Trinajstić information content (AvgIpc) is 3.11. The van der Waals surface area contributed by atoms with E-state index in [-0.39, 0.29) is 5.69 Å². The van der Waals surface area contributed by atoms with Crippen molar-refractivity contribution in [2.24, 2.45) is 4.99 Å². The lowest BCUT2D eigenvalue weighted by Crippen LogP contribution is -2.04. The minimum absolute atomic E-state index is 0.120. The monoisotopic (exact) mass is 452 g/mol. The van der Waals surface area contributed by atoms with Gasteiger partial charge in [-0.05, 0) is 43.1 Å². The van der Waals surface area contributed by atoms with Crippen LogP contribution >= 0.6 is 11.8 Å². The van der Waals surface area contributed by atoms with Crippen molar-refractivity contribution in [3.8, 4) is 0 Å². The van der Waals surface area contributed by atoms with Gasteiger partial charge in [0.05, 0.1) is 28.9 Å². The third-order valence-electron chi connectivity index (χ3n) is 4.00. The van der Waals surface area contributed by atoms with Crippen LogP contribution < -0.4 is 5.32 Å². The van der Waals surface area contributed by atoms with Gasteiger partial charge in [0.15, 0.2) is 0 Å². The van der Waals surface area contributed by atoms with Gasteiger partial charge in [0, 0.05) is 22.9 Å². The minimum Gasteiger partial charge on any atom is -0.353 e. The van der Waals surface area contributed by atoms with E-state index in [0.717, 1.165) is 18.2 Å². The number of aromatic nitrogens is 2. The van der Waals surface area contributed by atoms with Gasteiger partial charge in [-0.3, -0.25) is 4.99 Å². The van der Waals surface area contributed by atoms with Crippen molar-refractivity contribution in [2.45, 2.75) is 18.3 Å². The van der Waals surface area contributed by atoms with Gasteiger partial charge < -0.3 is 10.3 Å². The molecule has 0 fully saturated rings. The van der Waals surface area contributed by atoms with Gasteiger partial charge in [-0.15, -0.1) is 11.8 Å². The van der Waals surface area contributed by atoms with E-state index in [1.165, 1.54) is 30.1 Å². The van der Waals surface area contributed by atoms with Gasteiger partial charge in [0.1, 0.15) is 17.5 Å². The van der Waals surface area contributed by atoms with E-state index in [4.69, 9.17) is 0 Å². The molecule has 31 heavy (non-hydrogen) atoms. The van der Waals surface area contributed by atoms with E-state index in [1.807, 2.05) is 0 Å². The number of nitrogens with one attached hydrogen (secondary N) is 2. The van der Waals surface area contributed by atoms with Crippen LogP contribution in [-0.4, -0.2) is 22.9 Å². The summed E-state index contributed by atoms with van der Waals surface area (Å²) in [7, 11) is 0. The van der Waals surface area contributed by atoms with Gasteiger partial charge in [0.25, 0.3) is 0 Å². The highest BCUT2D eigenvalue weighted by Crippen LogP contribution is 2.28. The van der Waals surface area contributed by atoms with Crippen molar-refractivity contribution < 1.29 is 22.0 Å². The van der Waals surface area contributed by atoms with Crippen LogP contribution in [0.5, 0.6) is 0 Å². The number of halogens is 5. The highest BCUT2D eigenvalue weighted by atomic mass is 32.2. The Hall–Kier alpha value is -3.14. The smallest absolute Gasteiger partial charge is 0.353 e. The summed E-state index contributed by atoms with van der Waals surface area (Å²) in [4.78, 5) is 11.4. The summed E-state index contributed by atoms with van der Waals surface area (Å²) in [5, 5.41) is 2.86. The standard InChI is InChI=1S/C21H17F5N4S/c1-27-9-7-15(6-8-21(24,25)26)31-12-20-29-18-5-3-14(11-19(18)30-20)28-17-4-2-13(22)10-16(17)23/h2-7,9-11,28H,1,8,12H2,(H,29,30)/b9-7-,15-6+. The number of benzene rings is 2. The molecule has 0 unspecified atom stereocenters. The molecule has 0 radical (unpaired) electrons. The number of anilines is 2. The van der Waals surface area contributed by atoms with Crippen molar-refractivity contribution in [1.82, 2.24) is 9.97 Å². The van der Waals surface area contributed by atoms with Crippen molar-refractivity contribution in [2.75, 3.05) is 5.32 Å². The van der Waals surface area contributed by atoms with Gasteiger partial charge in [-0.2, -0.15) is 13.2 Å². The molecule has 0 aliphatic rings. The van der Waals surface area contributed by atoms with Crippen LogP contribution in [0, 0.1) is 11.6 Å². The Morgan fingerprint density at radius 3 is 2.71 bits per heavy atom. The lowest BCUT2D eigenvalue weighted by atomic mass is 10.2. The Balaban J connectivity index is 1.73. The third kappa shape index (κ3) is 6.68. The number of hydrogen-bond acceptors (Lipinski definition) is 4. The van der Waals surface area contributed by atoms with Crippen molar-refractivity contribution in [3.63, 3.8) is 0 Å². The van der Waals surface area contributed by atoms with Crippen LogP contribution in [-0.2, 0) is 5.75 Å². The molecule has 0 aliphatic carbocycles. The zero-order valence-electron chi connectivity index (χ0n) is 16.0. The second-order valence-corrected chi connectivity index (χ2v) is 7.43. The van der Waals surface area contributed by atoms with E-state index >= 15 is 0 Å². The van der Waals surface area contributed by atoms with Crippen LogP contribution in [0.4, 0.5) is 33.3 Å². The van der Waals surface area contributed by atoms with Gasteiger partial charge in [-0.25, -0.2) is 13.8 Å². The minimum atomic E-state index is -4.30. The van der Waals surface area contributed by atoms with Crippen molar-refractivity contribution in [1.29, 1.82) is 0 Å². The maximum Gasteiger partial charge on any atom is 0.392 e. The molecule has 1 aromatic heterocycles. The second kappa shape index (κ2) is 9.78. The van der Waals surface area contributed by atoms with Crippen molar-refractivity contribution in [3.05, 3.63) is 77.1 Å². The summed E-state index contributed by atoms with van der Waals surface area (Å²) in [5.74, 6) is -0.535. The first-order chi connectivity index (χ1) is 14.7. The van der Waals surface area contributed by atoms with Crippen LogP contribution in [0.25, 0.3) is 11.0 Å². The fourth-order valence-electron chi connectivity index (χ4n) is 2.62. The van der Waals surface area contributed by atoms with Gasteiger partial charge in [-0.1, -0.05) is 6.08 Å². The molecule has 0 aliphatic heterocycles. The zero-order chi connectivity index (χ0) is 22.4. The second-order valence-electron chi connectivity index (χ2n) is 6.38. The highest BCUT2D eigenvalue weighted by molar-refractivity contribution is 8.02. The first kappa shape index (κ1) is 22.5. The van der Waals surface area contributed by atoms with E-state index in [9.17, 15) is 22.0 Å². The topological polar surface area (TPSA) is 53.1 Å². The largest absolute Gasteiger partial charge is 0.392 e. The van der Waals surface area contributed by atoms with Crippen LogP contribution in [0.1, 0.15) is 12.2 Å². The molecular formula is C21H17F5N4S. The Bertz CT molecular complexity index is 1130. The maximum atomic E-state index is 13.8. The van der Waals surface area contributed by atoms with E-state index in [2.05, 4.69) is 27.0 Å². The SMILES string of the molecule is C=N/C=C\C(=C/CC(F)(F)F)SCc1nc2cc(Nc3ccc(F)cc3F)ccc2[nH]1. The molecule has 1 heterocycles. The number of thioether (sulfide) groups is 1. The summed E-state index contributed by atoms with van der Waals surface area (Å²) >= 11 is 1.17. The molecule has 0 spiro atoms. The summed E-state index contributed by atoms with van der Waals surface area (Å²) in [5.41, 5.74) is 1.97. The Morgan fingerprint density at radius 2 is 2.00 bits per heavy atom. The number of fused-ring (bicyclic) bond motifs is 1. The first-order valence-corrected chi connectivity index (χ1v) is 9.95. The molecule has 0 bridgehead atoms. The summed E-state index contributed by atoms with van der Waals surface area (Å²) in [6.45, 7) is 3.27. The third-order valence-corrected chi connectivity index (χ3v) is 5.05. The number of rotatable bonds is 8. The molecule has 2 aromatic carbocycles. The van der Waals surface area contributed by atoms with E-state index < -0.39 is 24.2 Å². The quantitative estimate of drug-likeness (QED) is 0.223. The normalized spacial score (nSPS) is 12.6. The number of alkyl halides is 3. The number of hydrogen-bond donors (Lipinski definition) is 2. The number of nitrogens with zero attached hydrogens (tertiary/aromatic N) is 2. The highest BCUT2D eigenvalue weighted by Gasteiger charge is 2.25. The van der Waals surface area contributed by atoms with Gasteiger partial charge in [0.2, 0.25) is 0 Å². The lowest BCUT2D eigenvalue weighted by molar-refractivity contribution is -0.125. The predicted octanol–water partition coefficient (Wildman–Crippen LogP) is 6.87. The molecule has 4 nitrogen and oxygen atoms in total.